The van der Waals surface area contributed by atoms with E-state index in [2.05, 4.69) is 15.3 Å². The van der Waals surface area contributed by atoms with Crippen LogP contribution in [-0.4, -0.2) is 39.9 Å². The molecule has 1 aliphatic rings. The number of nitrogens with zero attached hydrogens (tertiary/aromatic N) is 4. The second-order valence-electron chi connectivity index (χ2n) is 3.63. The molecular weight excluding hydrogens is 206 g/mol. The molecule has 6 nitrogen and oxygen atoms in total. The Kier molecular flexibility index (Phi) is 2.07. The standard InChI is InChI=1S/C10H11N5O/c16-9-7-11-3-5-14(9)8-6-13-10-12-2-1-4-15(8)10/h1-2,4,6,11H,3,5,7H2. The second-order valence-corrected chi connectivity index (χ2v) is 3.63. The summed E-state index contributed by atoms with van der Waals surface area (Å²) in [5, 5.41) is 3.04. The minimum atomic E-state index is 0.0666. The normalized spacial score (nSPS) is 17.0. The van der Waals surface area contributed by atoms with Crippen LogP contribution in [0.15, 0.2) is 24.7 Å². The van der Waals surface area contributed by atoms with Gasteiger partial charge >= 0.3 is 0 Å². The monoisotopic (exact) mass is 217 g/mol. The lowest BCUT2D eigenvalue weighted by atomic mass is 10.3. The number of piperazine rings is 1. The summed E-state index contributed by atoms with van der Waals surface area (Å²) in [4.78, 5) is 21.8. The molecule has 82 valence electrons. The zero-order chi connectivity index (χ0) is 11.0. The third kappa shape index (κ3) is 1.35. The third-order valence-corrected chi connectivity index (χ3v) is 2.64. The molecule has 16 heavy (non-hydrogen) atoms. The summed E-state index contributed by atoms with van der Waals surface area (Å²) < 4.78 is 1.82. The lowest BCUT2D eigenvalue weighted by Gasteiger charge is -2.26. The molecule has 1 saturated heterocycles. The summed E-state index contributed by atoms with van der Waals surface area (Å²) in [7, 11) is 0. The van der Waals surface area contributed by atoms with Gasteiger partial charge in [0.2, 0.25) is 11.7 Å². The van der Waals surface area contributed by atoms with Crippen LogP contribution in [0.25, 0.3) is 5.78 Å². The van der Waals surface area contributed by atoms with Crippen LogP contribution in [0.2, 0.25) is 0 Å². The Hall–Kier alpha value is -1.95. The van der Waals surface area contributed by atoms with Crippen molar-refractivity contribution in [1.82, 2.24) is 19.7 Å². The van der Waals surface area contributed by atoms with E-state index in [1.165, 1.54) is 0 Å². The van der Waals surface area contributed by atoms with E-state index in [4.69, 9.17) is 0 Å². The lowest BCUT2D eigenvalue weighted by molar-refractivity contribution is -0.118. The molecule has 0 radical (unpaired) electrons. The predicted molar refractivity (Wildman–Crippen MR) is 58.2 cm³/mol. The van der Waals surface area contributed by atoms with Crippen LogP contribution in [0.3, 0.4) is 0 Å². The van der Waals surface area contributed by atoms with Crippen molar-refractivity contribution in [2.75, 3.05) is 24.5 Å². The number of anilines is 1. The lowest BCUT2D eigenvalue weighted by Crippen LogP contribution is -2.48. The van der Waals surface area contributed by atoms with Gasteiger partial charge in [0, 0.05) is 25.5 Å². The zero-order valence-electron chi connectivity index (χ0n) is 8.63. The van der Waals surface area contributed by atoms with Crippen molar-refractivity contribution < 1.29 is 4.79 Å². The van der Waals surface area contributed by atoms with Gasteiger partial charge in [-0.2, -0.15) is 0 Å². The van der Waals surface area contributed by atoms with E-state index in [0.717, 1.165) is 12.4 Å². The van der Waals surface area contributed by atoms with E-state index in [0.29, 0.717) is 18.9 Å². The van der Waals surface area contributed by atoms with Gasteiger partial charge in [-0.1, -0.05) is 0 Å². The van der Waals surface area contributed by atoms with E-state index in [1.54, 1.807) is 17.3 Å². The van der Waals surface area contributed by atoms with E-state index < -0.39 is 0 Å². The summed E-state index contributed by atoms with van der Waals surface area (Å²) in [6.45, 7) is 1.86. The van der Waals surface area contributed by atoms with Gasteiger partial charge in [-0.05, 0) is 6.07 Å². The minimum absolute atomic E-state index is 0.0666. The molecule has 0 aromatic carbocycles. The molecule has 1 N–H and O–H groups in total. The first-order chi connectivity index (χ1) is 7.86. The van der Waals surface area contributed by atoms with Crippen molar-refractivity contribution >= 4 is 17.5 Å². The quantitative estimate of drug-likeness (QED) is 0.710. The Labute approximate surface area is 91.9 Å². The molecule has 0 saturated carbocycles. The molecular formula is C10H11N5O. The van der Waals surface area contributed by atoms with Crippen LogP contribution in [-0.2, 0) is 4.79 Å². The van der Waals surface area contributed by atoms with Crippen molar-refractivity contribution in [2.24, 2.45) is 0 Å². The van der Waals surface area contributed by atoms with Crippen molar-refractivity contribution in [2.45, 2.75) is 0 Å². The number of hydrogen-bond donors (Lipinski definition) is 1. The number of fused-ring (bicyclic) bond motifs is 1. The van der Waals surface area contributed by atoms with Gasteiger partial charge in [-0.15, -0.1) is 0 Å². The van der Waals surface area contributed by atoms with Crippen LogP contribution in [0, 0.1) is 0 Å². The molecule has 1 fully saturated rings. The topological polar surface area (TPSA) is 62.5 Å². The fourth-order valence-corrected chi connectivity index (χ4v) is 1.86. The number of imidazole rings is 1. The fraction of sp³-hybridized carbons (Fsp3) is 0.300. The number of amides is 1. The molecule has 1 aliphatic heterocycles. The molecule has 6 heteroatoms. The van der Waals surface area contributed by atoms with Crippen molar-refractivity contribution in [1.29, 1.82) is 0 Å². The zero-order valence-corrected chi connectivity index (χ0v) is 8.63. The summed E-state index contributed by atoms with van der Waals surface area (Å²) in [6.07, 6.45) is 5.23. The first kappa shape index (κ1) is 9.29. The number of hydrogen-bond acceptors (Lipinski definition) is 4. The van der Waals surface area contributed by atoms with E-state index in [1.807, 2.05) is 16.7 Å². The maximum absolute atomic E-state index is 11.7. The van der Waals surface area contributed by atoms with Crippen LogP contribution in [0.5, 0.6) is 0 Å². The number of aromatic nitrogens is 3. The smallest absolute Gasteiger partial charge is 0.242 e. The Morgan fingerprint density at radius 2 is 2.31 bits per heavy atom. The Morgan fingerprint density at radius 1 is 1.38 bits per heavy atom. The number of carbonyl (C=O) groups excluding carboxylic acids is 1. The minimum Gasteiger partial charge on any atom is -0.307 e. The first-order valence-corrected chi connectivity index (χ1v) is 5.15. The third-order valence-electron chi connectivity index (χ3n) is 2.64. The summed E-state index contributed by atoms with van der Waals surface area (Å²) >= 11 is 0. The highest BCUT2D eigenvalue weighted by molar-refractivity contribution is 5.94. The van der Waals surface area contributed by atoms with Crippen molar-refractivity contribution in [3.05, 3.63) is 24.7 Å². The van der Waals surface area contributed by atoms with Crippen LogP contribution in [0.1, 0.15) is 0 Å². The molecule has 2 aromatic rings. The maximum Gasteiger partial charge on any atom is 0.242 e. The van der Waals surface area contributed by atoms with Crippen molar-refractivity contribution in [3.8, 4) is 0 Å². The molecule has 3 heterocycles. The average molecular weight is 217 g/mol. The summed E-state index contributed by atoms with van der Waals surface area (Å²) in [5.74, 6) is 1.47. The molecule has 0 aliphatic carbocycles. The predicted octanol–water partition coefficient (Wildman–Crippen LogP) is -0.335. The largest absolute Gasteiger partial charge is 0.307 e. The summed E-state index contributed by atoms with van der Waals surface area (Å²) in [6, 6.07) is 1.82. The highest BCUT2D eigenvalue weighted by Gasteiger charge is 2.22. The van der Waals surface area contributed by atoms with Gasteiger partial charge in [0.1, 0.15) is 5.82 Å². The van der Waals surface area contributed by atoms with Gasteiger partial charge in [-0.3, -0.25) is 14.1 Å². The van der Waals surface area contributed by atoms with E-state index in [-0.39, 0.29) is 5.91 Å². The van der Waals surface area contributed by atoms with Gasteiger partial charge in [0.05, 0.1) is 12.7 Å². The van der Waals surface area contributed by atoms with Gasteiger partial charge in [-0.25, -0.2) is 9.97 Å². The highest BCUT2D eigenvalue weighted by atomic mass is 16.2. The molecule has 1 amide bonds. The van der Waals surface area contributed by atoms with E-state index >= 15 is 0 Å². The van der Waals surface area contributed by atoms with Crippen LogP contribution in [0.4, 0.5) is 5.82 Å². The van der Waals surface area contributed by atoms with Crippen LogP contribution >= 0.6 is 0 Å². The van der Waals surface area contributed by atoms with Gasteiger partial charge in [0.25, 0.3) is 0 Å². The Balaban J connectivity index is 2.08. The Morgan fingerprint density at radius 3 is 3.19 bits per heavy atom. The molecule has 0 unspecified atom stereocenters. The Bertz CT molecular complexity index is 535. The van der Waals surface area contributed by atoms with Gasteiger partial charge < -0.3 is 5.32 Å². The maximum atomic E-state index is 11.7. The van der Waals surface area contributed by atoms with Crippen LogP contribution < -0.4 is 10.2 Å². The first-order valence-electron chi connectivity index (χ1n) is 5.15. The average Bonchev–Trinajstić information content (AvgIpc) is 2.74. The van der Waals surface area contributed by atoms with Gasteiger partial charge in [0.15, 0.2) is 0 Å². The number of rotatable bonds is 1. The molecule has 2 aromatic heterocycles. The number of nitrogens with one attached hydrogen (secondary N) is 1. The molecule has 0 spiro atoms. The second kappa shape index (κ2) is 3.57. The molecule has 3 rings (SSSR count). The fourth-order valence-electron chi connectivity index (χ4n) is 1.86. The summed E-state index contributed by atoms with van der Waals surface area (Å²) in [5.41, 5.74) is 0. The highest BCUT2D eigenvalue weighted by Crippen LogP contribution is 2.16. The molecule has 0 atom stereocenters. The van der Waals surface area contributed by atoms with E-state index in [9.17, 15) is 4.79 Å². The SMILES string of the molecule is O=C1CNCCN1c1cnc2ncccn12. The number of carbonyl (C=O) groups is 1. The van der Waals surface area contributed by atoms with Crippen molar-refractivity contribution in [3.63, 3.8) is 0 Å². The molecule has 0 bridgehead atoms.